The fourth-order valence-corrected chi connectivity index (χ4v) is 3.38. The third-order valence-corrected chi connectivity index (χ3v) is 4.92. The van der Waals surface area contributed by atoms with E-state index in [0.29, 0.717) is 32.9 Å². The number of hydrogen-bond donors (Lipinski definition) is 2. The minimum absolute atomic E-state index is 0.0362. The van der Waals surface area contributed by atoms with Crippen LogP contribution in [-0.2, 0) is 4.79 Å². The largest absolute Gasteiger partial charge is 0.435 e. The second-order valence-electron chi connectivity index (χ2n) is 6.44. The number of anilines is 2. The van der Waals surface area contributed by atoms with Gasteiger partial charge in [0.25, 0.3) is 0 Å². The first-order chi connectivity index (χ1) is 15.5. The van der Waals surface area contributed by atoms with Gasteiger partial charge in [-0.25, -0.2) is 14.6 Å². The molecule has 0 fully saturated rings. The van der Waals surface area contributed by atoms with Crippen LogP contribution >= 0.6 is 34.8 Å². The van der Waals surface area contributed by atoms with Gasteiger partial charge in [0, 0.05) is 11.2 Å². The lowest BCUT2D eigenvalue weighted by molar-refractivity contribution is -0.114. The lowest BCUT2D eigenvalue weighted by Gasteiger charge is -2.14. The van der Waals surface area contributed by atoms with Gasteiger partial charge < -0.3 is 15.4 Å². The van der Waals surface area contributed by atoms with Gasteiger partial charge in [-0.15, -0.1) is 0 Å². The number of ether oxygens (including phenoxy) is 1. The summed E-state index contributed by atoms with van der Waals surface area (Å²) in [6.45, 7) is -0.0362. The molecule has 1 amide bonds. The summed E-state index contributed by atoms with van der Waals surface area (Å²) in [6.07, 6.45) is 4.37. The van der Waals surface area contributed by atoms with Crippen molar-refractivity contribution in [1.29, 1.82) is 0 Å². The molecule has 0 radical (unpaired) electrons. The molecule has 0 aliphatic heterocycles. The van der Waals surface area contributed by atoms with Crippen molar-refractivity contribution in [2.24, 2.45) is 0 Å². The molecule has 11 heteroatoms. The van der Waals surface area contributed by atoms with E-state index >= 15 is 0 Å². The molecule has 0 saturated heterocycles. The summed E-state index contributed by atoms with van der Waals surface area (Å²) in [7, 11) is 0. The number of hydrogen-bond acceptors (Lipinski definition) is 6. The van der Waals surface area contributed by atoms with E-state index in [4.69, 9.17) is 39.5 Å². The fourth-order valence-electron chi connectivity index (χ4n) is 2.79. The summed E-state index contributed by atoms with van der Waals surface area (Å²) < 4.78 is 7.33. The quantitative estimate of drug-likeness (QED) is 0.358. The number of carbonyl (C=O) groups is 1. The first-order valence-electron chi connectivity index (χ1n) is 9.26. The number of para-hydroxylation sites is 2. The molecule has 0 aliphatic rings. The van der Waals surface area contributed by atoms with Crippen molar-refractivity contribution in [2.75, 3.05) is 17.2 Å². The van der Waals surface area contributed by atoms with Gasteiger partial charge in [-0.2, -0.15) is 5.10 Å². The lowest BCUT2D eigenvalue weighted by atomic mass is 10.2. The van der Waals surface area contributed by atoms with Crippen molar-refractivity contribution in [3.8, 4) is 17.3 Å². The highest BCUT2D eigenvalue weighted by molar-refractivity contribution is 6.35. The van der Waals surface area contributed by atoms with Crippen LogP contribution in [0.2, 0.25) is 15.1 Å². The zero-order valence-corrected chi connectivity index (χ0v) is 18.6. The number of carbonyl (C=O) groups excluding carboxylic acids is 1. The van der Waals surface area contributed by atoms with E-state index in [9.17, 15) is 4.79 Å². The highest BCUT2D eigenvalue weighted by atomic mass is 35.5. The predicted molar refractivity (Wildman–Crippen MR) is 124 cm³/mol. The van der Waals surface area contributed by atoms with Gasteiger partial charge >= 0.3 is 0 Å². The minimum atomic E-state index is -0.300. The van der Waals surface area contributed by atoms with Gasteiger partial charge in [-0.1, -0.05) is 46.9 Å². The Bertz CT molecular complexity index is 1250. The molecule has 162 valence electrons. The van der Waals surface area contributed by atoms with E-state index in [-0.39, 0.29) is 23.4 Å². The summed E-state index contributed by atoms with van der Waals surface area (Å²) >= 11 is 18.1. The van der Waals surface area contributed by atoms with Crippen LogP contribution in [0.4, 0.5) is 11.4 Å². The van der Waals surface area contributed by atoms with E-state index in [2.05, 4.69) is 25.7 Å². The van der Waals surface area contributed by atoms with Crippen LogP contribution < -0.4 is 15.4 Å². The first-order valence-corrected chi connectivity index (χ1v) is 10.4. The zero-order valence-electron chi connectivity index (χ0n) is 16.3. The highest BCUT2D eigenvalue weighted by Crippen LogP contribution is 2.33. The number of nitrogens with one attached hydrogen (secondary N) is 2. The summed E-state index contributed by atoms with van der Waals surface area (Å²) in [4.78, 5) is 20.6. The maximum Gasteiger partial charge on any atom is 0.243 e. The Hall–Kier alpha value is -3.33. The molecule has 2 N–H and O–H groups in total. The maximum absolute atomic E-state index is 12.6. The minimum Gasteiger partial charge on any atom is -0.435 e. The van der Waals surface area contributed by atoms with Gasteiger partial charge in [0.05, 0.1) is 28.6 Å². The molecule has 0 atom stereocenters. The van der Waals surface area contributed by atoms with Gasteiger partial charge in [0.2, 0.25) is 11.8 Å². The lowest BCUT2D eigenvalue weighted by Crippen LogP contribution is -2.22. The Morgan fingerprint density at radius 2 is 1.88 bits per heavy atom. The molecule has 8 nitrogen and oxygen atoms in total. The Morgan fingerprint density at radius 3 is 2.66 bits per heavy atom. The summed E-state index contributed by atoms with van der Waals surface area (Å²) in [5, 5.41) is 11.1. The maximum atomic E-state index is 12.6. The SMILES string of the molecule is O=C(CNc1ccccc1Oc1ncc(Cl)cc1Cl)Nc1cc(Cl)ccc1-n1cncn1. The number of amides is 1. The van der Waals surface area contributed by atoms with Crippen LogP contribution in [0.25, 0.3) is 5.69 Å². The first kappa shape index (κ1) is 21.9. The van der Waals surface area contributed by atoms with Crippen LogP contribution in [0, 0.1) is 0 Å². The van der Waals surface area contributed by atoms with Crippen molar-refractivity contribution in [3.05, 3.63) is 82.5 Å². The predicted octanol–water partition coefficient (Wildman–Crippen LogP) is 5.47. The van der Waals surface area contributed by atoms with Crippen molar-refractivity contribution < 1.29 is 9.53 Å². The van der Waals surface area contributed by atoms with Crippen LogP contribution in [0.15, 0.2) is 67.4 Å². The molecular formula is C21H15Cl3N6O2. The van der Waals surface area contributed by atoms with Crippen molar-refractivity contribution in [3.63, 3.8) is 0 Å². The van der Waals surface area contributed by atoms with E-state index in [1.54, 1.807) is 36.4 Å². The number of pyridine rings is 1. The molecule has 0 aliphatic carbocycles. The molecule has 4 rings (SSSR count). The number of rotatable bonds is 7. The summed E-state index contributed by atoms with van der Waals surface area (Å²) in [6, 6.07) is 13.7. The number of halogens is 3. The second-order valence-corrected chi connectivity index (χ2v) is 7.72. The molecule has 32 heavy (non-hydrogen) atoms. The molecular weight excluding hydrogens is 475 g/mol. The third kappa shape index (κ3) is 5.28. The monoisotopic (exact) mass is 488 g/mol. The summed E-state index contributed by atoms with van der Waals surface area (Å²) in [5.41, 5.74) is 1.71. The number of nitrogens with zero attached hydrogens (tertiary/aromatic N) is 4. The number of benzene rings is 2. The van der Waals surface area contributed by atoms with Crippen LogP contribution in [0.3, 0.4) is 0 Å². The van der Waals surface area contributed by atoms with E-state index < -0.39 is 0 Å². The number of aromatic nitrogens is 4. The van der Waals surface area contributed by atoms with Gasteiger partial charge in [0.1, 0.15) is 17.7 Å². The Labute approximate surface area is 198 Å². The molecule has 0 bridgehead atoms. The van der Waals surface area contributed by atoms with E-state index in [1.165, 1.54) is 29.6 Å². The Kier molecular flexibility index (Phi) is 6.75. The normalized spacial score (nSPS) is 10.6. The van der Waals surface area contributed by atoms with Gasteiger partial charge in [0.15, 0.2) is 5.75 Å². The van der Waals surface area contributed by atoms with Crippen molar-refractivity contribution >= 4 is 52.1 Å². The van der Waals surface area contributed by atoms with Crippen LogP contribution in [-0.4, -0.2) is 32.2 Å². The van der Waals surface area contributed by atoms with Gasteiger partial charge in [-0.3, -0.25) is 4.79 Å². The molecule has 0 saturated carbocycles. The zero-order chi connectivity index (χ0) is 22.5. The standard InChI is InChI=1S/C21H15Cl3N6O2/c22-13-5-6-18(30-12-25-11-28-30)17(8-13)29-20(31)10-26-16-3-1-2-4-19(16)32-21-15(24)7-14(23)9-27-21/h1-9,11-12,26H,10H2,(H,29,31). The van der Waals surface area contributed by atoms with Crippen LogP contribution in [0.1, 0.15) is 0 Å². The smallest absolute Gasteiger partial charge is 0.243 e. The molecule has 2 aromatic carbocycles. The molecule has 2 aromatic heterocycles. The van der Waals surface area contributed by atoms with E-state index in [0.717, 1.165) is 0 Å². The second kappa shape index (κ2) is 9.86. The van der Waals surface area contributed by atoms with Crippen LogP contribution in [0.5, 0.6) is 11.6 Å². The average Bonchev–Trinajstić information content (AvgIpc) is 3.30. The molecule has 0 unspecified atom stereocenters. The van der Waals surface area contributed by atoms with E-state index in [1.807, 2.05) is 6.07 Å². The highest BCUT2D eigenvalue weighted by Gasteiger charge is 2.13. The Balaban J connectivity index is 1.46. The fraction of sp³-hybridized carbons (Fsp3) is 0.0476. The van der Waals surface area contributed by atoms with Crippen molar-refractivity contribution in [2.45, 2.75) is 0 Å². The summed E-state index contributed by atoms with van der Waals surface area (Å²) in [5.74, 6) is 0.348. The average molecular weight is 490 g/mol. The van der Waals surface area contributed by atoms with Crippen molar-refractivity contribution in [1.82, 2.24) is 19.7 Å². The third-order valence-electron chi connectivity index (χ3n) is 4.21. The molecule has 2 heterocycles. The Morgan fingerprint density at radius 1 is 1.03 bits per heavy atom. The van der Waals surface area contributed by atoms with Gasteiger partial charge in [-0.05, 0) is 36.4 Å². The molecule has 4 aromatic rings. The topological polar surface area (TPSA) is 94.0 Å². The molecule has 0 spiro atoms.